The smallest absolute Gasteiger partial charge is 0.274 e. The molecule has 2 amide bonds. The predicted molar refractivity (Wildman–Crippen MR) is 82.5 cm³/mol. The molecule has 0 atom stereocenters. The minimum Gasteiger partial charge on any atom is -0.361 e. The van der Waals surface area contributed by atoms with E-state index >= 15 is 0 Å². The van der Waals surface area contributed by atoms with Gasteiger partial charge in [-0.3, -0.25) is 14.4 Å². The van der Waals surface area contributed by atoms with Crippen LogP contribution in [0.5, 0.6) is 0 Å². The number of hydrogen-bond donors (Lipinski definition) is 2. The normalized spacial score (nSPS) is 15.3. The average Bonchev–Trinajstić information content (AvgIpc) is 3.02. The van der Waals surface area contributed by atoms with Crippen LogP contribution in [0.4, 0.5) is 0 Å². The number of nitrogens with one attached hydrogen (secondary N) is 2. The van der Waals surface area contributed by atoms with Gasteiger partial charge in [-0.05, 0) is 25.8 Å². The topological polar surface area (TPSA) is 121 Å². The maximum atomic E-state index is 12.3. The molecule has 1 aliphatic heterocycles. The zero-order chi connectivity index (χ0) is 17.1. The van der Waals surface area contributed by atoms with E-state index < -0.39 is 0 Å². The number of aryl methyl sites for hydroxylation is 1. The average molecular weight is 331 g/mol. The SMILES string of the molecule is Cc1cc(C(=O)NC2CCN(C(=O)c3ccc(=O)[nH]n3)CC2)no1. The van der Waals surface area contributed by atoms with E-state index in [9.17, 15) is 14.4 Å². The van der Waals surface area contributed by atoms with Gasteiger partial charge < -0.3 is 14.7 Å². The Morgan fingerprint density at radius 3 is 2.62 bits per heavy atom. The monoisotopic (exact) mass is 331 g/mol. The van der Waals surface area contributed by atoms with E-state index in [4.69, 9.17) is 4.52 Å². The first-order valence-electron chi connectivity index (χ1n) is 7.62. The third-order valence-corrected chi connectivity index (χ3v) is 3.88. The third-order valence-electron chi connectivity index (χ3n) is 3.88. The zero-order valence-electron chi connectivity index (χ0n) is 13.1. The highest BCUT2D eigenvalue weighted by Crippen LogP contribution is 2.13. The number of nitrogens with zero attached hydrogens (tertiary/aromatic N) is 3. The number of likely N-dealkylation sites (tertiary alicyclic amines) is 1. The summed E-state index contributed by atoms with van der Waals surface area (Å²) in [5.74, 6) is 0.0658. The molecule has 3 heterocycles. The van der Waals surface area contributed by atoms with Crippen LogP contribution >= 0.6 is 0 Å². The molecule has 2 N–H and O–H groups in total. The van der Waals surface area contributed by atoms with Crippen LogP contribution in [0.3, 0.4) is 0 Å². The van der Waals surface area contributed by atoms with Gasteiger partial charge in [-0.2, -0.15) is 5.10 Å². The molecule has 0 spiro atoms. The fourth-order valence-corrected chi connectivity index (χ4v) is 2.59. The van der Waals surface area contributed by atoms with Gasteiger partial charge >= 0.3 is 0 Å². The standard InChI is InChI=1S/C15H17N5O4/c1-9-8-12(19-24-9)14(22)16-10-4-6-20(7-5-10)15(23)11-2-3-13(21)18-17-11/h2-3,8,10H,4-7H2,1H3,(H,16,22)(H,18,21). The fraction of sp³-hybridized carbons (Fsp3) is 0.400. The van der Waals surface area contributed by atoms with Crippen molar-refractivity contribution in [2.75, 3.05) is 13.1 Å². The third kappa shape index (κ3) is 3.50. The summed E-state index contributed by atoms with van der Waals surface area (Å²) >= 11 is 0. The van der Waals surface area contributed by atoms with Crippen LogP contribution in [-0.4, -0.2) is 51.2 Å². The van der Waals surface area contributed by atoms with E-state index in [0.717, 1.165) is 0 Å². The van der Waals surface area contributed by atoms with E-state index in [-0.39, 0.29) is 34.8 Å². The molecule has 2 aromatic heterocycles. The fourth-order valence-electron chi connectivity index (χ4n) is 2.59. The predicted octanol–water partition coefficient (Wildman–Crippen LogP) is 0.101. The second-order valence-electron chi connectivity index (χ2n) is 5.67. The molecule has 3 rings (SSSR count). The highest BCUT2D eigenvalue weighted by Gasteiger charge is 2.26. The second-order valence-corrected chi connectivity index (χ2v) is 5.67. The van der Waals surface area contributed by atoms with Crippen molar-refractivity contribution in [3.8, 4) is 0 Å². The Hall–Kier alpha value is -2.97. The van der Waals surface area contributed by atoms with Crippen LogP contribution in [-0.2, 0) is 0 Å². The lowest BCUT2D eigenvalue weighted by atomic mass is 10.0. The molecule has 0 radical (unpaired) electrons. The van der Waals surface area contributed by atoms with Gasteiger partial charge in [-0.25, -0.2) is 5.10 Å². The summed E-state index contributed by atoms with van der Waals surface area (Å²) < 4.78 is 4.88. The molecule has 0 saturated carbocycles. The first-order valence-corrected chi connectivity index (χ1v) is 7.62. The van der Waals surface area contributed by atoms with Crippen molar-refractivity contribution < 1.29 is 14.1 Å². The molecule has 9 nitrogen and oxygen atoms in total. The second kappa shape index (κ2) is 6.65. The van der Waals surface area contributed by atoms with Crippen molar-refractivity contribution in [3.63, 3.8) is 0 Å². The number of aromatic nitrogens is 3. The summed E-state index contributed by atoms with van der Waals surface area (Å²) in [4.78, 5) is 37.0. The molecule has 0 bridgehead atoms. The zero-order valence-corrected chi connectivity index (χ0v) is 13.1. The van der Waals surface area contributed by atoms with Gasteiger partial charge in [-0.15, -0.1) is 0 Å². The van der Waals surface area contributed by atoms with Gasteiger partial charge in [0.1, 0.15) is 11.5 Å². The van der Waals surface area contributed by atoms with E-state index in [1.165, 1.54) is 12.1 Å². The maximum absolute atomic E-state index is 12.3. The Morgan fingerprint density at radius 2 is 2.04 bits per heavy atom. The number of piperidine rings is 1. The summed E-state index contributed by atoms with van der Waals surface area (Å²) in [6.07, 6.45) is 1.27. The van der Waals surface area contributed by atoms with Crippen molar-refractivity contribution in [2.24, 2.45) is 0 Å². The van der Waals surface area contributed by atoms with Crippen molar-refractivity contribution >= 4 is 11.8 Å². The highest BCUT2D eigenvalue weighted by molar-refractivity contribution is 5.93. The van der Waals surface area contributed by atoms with Crippen molar-refractivity contribution in [1.29, 1.82) is 0 Å². The largest absolute Gasteiger partial charge is 0.361 e. The quantitative estimate of drug-likeness (QED) is 0.823. The molecule has 126 valence electrons. The number of rotatable bonds is 3. The summed E-state index contributed by atoms with van der Waals surface area (Å²) in [5.41, 5.74) is 0.106. The number of amides is 2. The van der Waals surface area contributed by atoms with Gasteiger partial charge in [0.25, 0.3) is 17.4 Å². The van der Waals surface area contributed by atoms with Crippen LogP contribution in [0.2, 0.25) is 0 Å². The summed E-state index contributed by atoms with van der Waals surface area (Å²) in [6, 6.07) is 4.23. The number of carbonyl (C=O) groups is 2. The Balaban J connectivity index is 1.54. The molecular formula is C15H17N5O4. The Kier molecular flexibility index (Phi) is 4.41. The molecule has 1 saturated heterocycles. The van der Waals surface area contributed by atoms with Crippen molar-refractivity contribution in [2.45, 2.75) is 25.8 Å². The number of carbonyl (C=O) groups excluding carboxylic acids is 2. The van der Waals surface area contributed by atoms with Crippen LogP contribution in [0.25, 0.3) is 0 Å². The lowest BCUT2D eigenvalue weighted by Gasteiger charge is -2.31. The minimum atomic E-state index is -0.351. The lowest BCUT2D eigenvalue weighted by molar-refractivity contribution is 0.0690. The van der Waals surface area contributed by atoms with E-state index in [0.29, 0.717) is 31.7 Å². The van der Waals surface area contributed by atoms with E-state index in [2.05, 4.69) is 20.7 Å². The number of hydrogen-bond acceptors (Lipinski definition) is 6. The summed E-state index contributed by atoms with van der Waals surface area (Å²) in [6.45, 7) is 2.73. The molecule has 24 heavy (non-hydrogen) atoms. The number of H-pyrrole nitrogens is 1. The van der Waals surface area contributed by atoms with E-state index in [1.54, 1.807) is 17.9 Å². The van der Waals surface area contributed by atoms with Gasteiger partial charge in [-0.1, -0.05) is 5.16 Å². The molecule has 0 aromatic carbocycles. The summed E-state index contributed by atoms with van der Waals surface area (Å²) in [5, 5.41) is 12.6. The molecule has 1 fully saturated rings. The van der Waals surface area contributed by atoms with Gasteiger partial charge in [0.15, 0.2) is 5.69 Å². The lowest BCUT2D eigenvalue weighted by Crippen LogP contribution is -2.46. The first-order chi connectivity index (χ1) is 11.5. The molecule has 9 heteroatoms. The highest BCUT2D eigenvalue weighted by atomic mass is 16.5. The van der Waals surface area contributed by atoms with Crippen LogP contribution in [0.15, 0.2) is 27.5 Å². The van der Waals surface area contributed by atoms with Gasteiger partial charge in [0.2, 0.25) is 0 Å². The molecule has 0 aliphatic carbocycles. The molecule has 0 unspecified atom stereocenters. The Labute approximate surface area is 137 Å². The van der Waals surface area contributed by atoms with E-state index in [1.807, 2.05) is 0 Å². The van der Waals surface area contributed by atoms with Crippen LogP contribution < -0.4 is 10.9 Å². The Morgan fingerprint density at radius 1 is 1.29 bits per heavy atom. The number of aromatic amines is 1. The Bertz CT molecular complexity index is 784. The maximum Gasteiger partial charge on any atom is 0.274 e. The molecule has 1 aliphatic rings. The van der Waals surface area contributed by atoms with Gasteiger partial charge in [0, 0.05) is 31.3 Å². The minimum absolute atomic E-state index is 0.0258. The van der Waals surface area contributed by atoms with Crippen molar-refractivity contribution in [3.05, 3.63) is 45.7 Å². The van der Waals surface area contributed by atoms with Crippen molar-refractivity contribution in [1.82, 2.24) is 25.6 Å². The van der Waals surface area contributed by atoms with Gasteiger partial charge in [0.05, 0.1) is 0 Å². The van der Waals surface area contributed by atoms with Crippen LogP contribution in [0.1, 0.15) is 39.6 Å². The summed E-state index contributed by atoms with van der Waals surface area (Å²) in [7, 11) is 0. The van der Waals surface area contributed by atoms with Crippen LogP contribution in [0, 0.1) is 6.92 Å². The molecular weight excluding hydrogens is 314 g/mol. The molecule has 2 aromatic rings. The first kappa shape index (κ1) is 15.9.